The molecule has 1 aromatic heterocycles. The minimum absolute atomic E-state index is 0.0260. The molecule has 0 aromatic carbocycles. The summed E-state index contributed by atoms with van der Waals surface area (Å²) in [4.78, 5) is 22.4. The average molecular weight is 253 g/mol. The van der Waals surface area contributed by atoms with Crippen molar-refractivity contribution in [2.24, 2.45) is 0 Å². The first-order chi connectivity index (χ1) is 8.13. The van der Waals surface area contributed by atoms with Crippen molar-refractivity contribution in [1.29, 1.82) is 0 Å². The van der Waals surface area contributed by atoms with Gasteiger partial charge in [0.2, 0.25) is 5.91 Å². The Morgan fingerprint density at radius 1 is 1.53 bits per heavy atom. The number of amides is 1. The van der Waals surface area contributed by atoms with Crippen molar-refractivity contribution in [1.82, 2.24) is 5.32 Å². The summed E-state index contributed by atoms with van der Waals surface area (Å²) in [7, 11) is 1.37. The van der Waals surface area contributed by atoms with Gasteiger partial charge >= 0.3 is 5.97 Å². The first-order valence-corrected chi connectivity index (χ1v) is 6.09. The third kappa shape index (κ3) is 4.82. The first kappa shape index (κ1) is 13.4. The summed E-state index contributed by atoms with van der Waals surface area (Å²) in [5, 5.41) is 4.59. The Labute approximate surface area is 104 Å². The van der Waals surface area contributed by atoms with Crippen LogP contribution < -0.4 is 5.32 Å². The van der Waals surface area contributed by atoms with Crippen LogP contribution in [0.1, 0.15) is 28.6 Å². The van der Waals surface area contributed by atoms with E-state index in [0.717, 1.165) is 12.0 Å². The summed E-state index contributed by atoms with van der Waals surface area (Å²) < 4.78 is 4.62. The standard InChI is InChI=1S/C12H15NO3S/c1-9(14)13-6-4-3-5-10-7-11(17-8-10)12(15)16-2/h3,5,7-8H,4,6H2,1-2H3,(H,13,14). The van der Waals surface area contributed by atoms with E-state index in [1.54, 1.807) is 6.07 Å². The SMILES string of the molecule is COC(=O)c1cc(C=CCCNC(C)=O)cs1. The second-order valence-electron chi connectivity index (χ2n) is 3.41. The van der Waals surface area contributed by atoms with E-state index in [9.17, 15) is 9.59 Å². The van der Waals surface area contributed by atoms with Crippen molar-refractivity contribution in [3.05, 3.63) is 28.0 Å². The predicted molar refractivity (Wildman–Crippen MR) is 68.0 cm³/mol. The van der Waals surface area contributed by atoms with Crippen LogP contribution in [-0.4, -0.2) is 25.5 Å². The second kappa shape index (κ2) is 6.85. The van der Waals surface area contributed by atoms with Crippen LogP contribution in [0.3, 0.4) is 0 Å². The van der Waals surface area contributed by atoms with Crippen LogP contribution in [0.4, 0.5) is 0 Å². The second-order valence-corrected chi connectivity index (χ2v) is 4.32. The molecule has 1 aromatic rings. The number of hydrogen-bond acceptors (Lipinski definition) is 4. The maximum absolute atomic E-state index is 11.2. The molecule has 0 atom stereocenters. The van der Waals surface area contributed by atoms with E-state index in [2.05, 4.69) is 10.1 Å². The van der Waals surface area contributed by atoms with Crippen molar-refractivity contribution < 1.29 is 14.3 Å². The Hall–Kier alpha value is -1.62. The number of carbonyl (C=O) groups is 2. The number of ether oxygens (including phenoxy) is 1. The van der Waals surface area contributed by atoms with Gasteiger partial charge in [0, 0.05) is 13.5 Å². The minimum Gasteiger partial charge on any atom is -0.465 e. The van der Waals surface area contributed by atoms with Crippen LogP contribution in [0, 0.1) is 0 Å². The molecule has 0 aliphatic carbocycles. The molecule has 4 nitrogen and oxygen atoms in total. The van der Waals surface area contributed by atoms with Gasteiger partial charge in [0.15, 0.2) is 0 Å². The highest BCUT2D eigenvalue weighted by Gasteiger charge is 2.06. The summed E-state index contributed by atoms with van der Waals surface area (Å²) in [6, 6.07) is 1.78. The normalized spacial score (nSPS) is 10.5. The van der Waals surface area contributed by atoms with Crippen LogP contribution in [0.2, 0.25) is 0 Å². The predicted octanol–water partition coefficient (Wildman–Crippen LogP) is 2.07. The summed E-state index contributed by atoms with van der Waals surface area (Å²) in [6.07, 6.45) is 4.65. The quantitative estimate of drug-likeness (QED) is 0.645. The Bertz CT molecular complexity index is 423. The van der Waals surface area contributed by atoms with Gasteiger partial charge in [-0.1, -0.05) is 12.2 Å². The highest BCUT2D eigenvalue weighted by Crippen LogP contribution is 2.16. The van der Waals surface area contributed by atoms with Crippen LogP contribution in [0.5, 0.6) is 0 Å². The monoisotopic (exact) mass is 253 g/mol. The third-order valence-electron chi connectivity index (χ3n) is 2.00. The van der Waals surface area contributed by atoms with Gasteiger partial charge in [0.05, 0.1) is 7.11 Å². The van der Waals surface area contributed by atoms with Crippen molar-refractivity contribution in [2.45, 2.75) is 13.3 Å². The molecule has 5 heteroatoms. The maximum Gasteiger partial charge on any atom is 0.348 e. The van der Waals surface area contributed by atoms with Gasteiger partial charge in [0.1, 0.15) is 4.88 Å². The van der Waals surface area contributed by atoms with E-state index in [-0.39, 0.29) is 11.9 Å². The Balaban J connectivity index is 2.41. The molecule has 0 saturated heterocycles. The number of hydrogen-bond donors (Lipinski definition) is 1. The van der Waals surface area contributed by atoms with Crippen molar-refractivity contribution in [3.8, 4) is 0 Å². The summed E-state index contributed by atoms with van der Waals surface area (Å²) in [5.41, 5.74) is 0.971. The minimum atomic E-state index is -0.312. The highest BCUT2D eigenvalue weighted by molar-refractivity contribution is 7.12. The molecule has 1 N–H and O–H groups in total. The highest BCUT2D eigenvalue weighted by atomic mass is 32.1. The zero-order valence-corrected chi connectivity index (χ0v) is 10.7. The Morgan fingerprint density at radius 3 is 2.94 bits per heavy atom. The molecule has 1 rings (SSSR count). The molecule has 17 heavy (non-hydrogen) atoms. The van der Waals surface area contributed by atoms with E-state index in [0.29, 0.717) is 11.4 Å². The number of nitrogens with one attached hydrogen (secondary N) is 1. The number of thiophene rings is 1. The van der Waals surface area contributed by atoms with E-state index in [1.807, 2.05) is 17.5 Å². The molecule has 1 heterocycles. The fourth-order valence-electron chi connectivity index (χ4n) is 1.20. The lowest BCUT2D eigenvalue weighted by molar-refractivity contribution is -0.118. The van der Waals surface area contributed by atoms with Gasteiger partial charge in [-0.2, -0.15) is 0 Å². The molecule has 0 unspecified atom stereocenters. The molecule has 0 bridgehead atoms. The zero-order valence-electron chi connectivity index (χ0n) is 9.86. The summed E-state index contributed by atoms with van der Waals surface area (Å²) in [5.74, 6) is -0.338. The van der Waals surface area contributed by atoms with E-state index >= 15 is 0 Å². The summed E-state index contributed by atoms with van der Waals surface area (Å²) >= 11 is 1.36. The van der Waals surface area contributed by atoms with Crippen molar-refractivity contribution in [3.63, 3.8) is 0 Å². The van der Waals surface area contributed by atoms with E-state index in [4.69, 9.17) is 0 Å². The fourth-order valence-corrected chi connectivity index (χ4v) is 1.99. The molecule has 92 valence electrons. The zero-order chi connectivity index (χ0) is 12.7. The first-order valence-electron chi connectivity index (χ1n) is 5.21. The van der Waals surface area contributed by atoms with Gasteiger partial charge in [-0.15, -0.1) is 11.3 Å². The summed E-state index contributed by atoms with van der Waals surface area (Å²) in [6.45, 7) is 2.12. The number of carbonyl (C=O) groups excluding carboxylic acids is 2. The number of esters is 1. The topological polar surface area (TPSA) is 55.4 Å². The van der Waals surface area contributed by atoms with E-state index in [1.165, 1.54) is 25.4 Å². The molecule has 0 saturated carbocycles. The molecular weight excluding hydrogens is 238 g/mol. The van der Waals surface area contributed by atoms with Gasteiger partial charge < -0.3 is 10.1 Å². The van der Waals surface area contributed by atoms with Crippen LogP contribution in [-0.2, 0) is 9.53 Å². The molecule has 0 spiro atoms. The lowest BCUT2D eigenvalue weighted by Crippen LogP contribution is -2.20. The van der Waals surface area contributed by atoms with Gasteiger partial charge in [-0.25, -0.2) is 4.79 Å². The Morgan fingerprint density at radius 2 is 2.29 bits per heavy atom. The number of rotatable bonds is 5. The molecule has 1 amide bonds. The third-order valence-corrected chi connectivity index (χ3v) is 2.93. The molecule has 0 fully saturated rings. The molecule has 0 radical (unpaired) electrons. The lowest BCUT2D eigenvalue weighted by Gasteiger charge is -1.96. The van der Waals surface area contributed by atoms with Crippen LogP contribution in [0.25, 0.3) is 6.08 Å². The maximum atomic E-state index is 11.2. The average Bonchev–Trinajstić information content (AvgIpc) is 2.76. The molecule has 0 aliphatic rings. The van der Waals surface area contributed by atoms with Gasteiger partial charge in [-0.3, -0.25) is 4.79 Å². The van der Waals surface area contributed by atoms with Crippen molar-refractivity contribution in [2.75, 3.05) is 13.7 Å². The van der Waals surface area contributed by atoms with Crippen molar-refractivity contribution >= 4 is 29.3 Å². The molecule has 0 aliphatic heterocycles. The van der Waals surface area contributed by atoms with E-state index < -0.39 is 0 Å². The Kier molecular flexibility index (Phi) is 5.42. The van der Waals surface area contributed by atoms with Gasteiger partial charge in [0.25, 0.3) is 0 Å². The molecular formula is C12H15NO3S. The lowest BCUT2D eigenvalue weighted by atomic mass is 10.2. The van der Waals surface area contributed by atoms with Gasteiger partial charge in [-0.05, 0) is 23.4 Å². The van der Waals surface area contributed by atoms with Crippen LogP contribution in [0.15, 0.2) is 17.5 Å². The van der Waals surface area contributed by atoms with Crippen LogP contribution >= 0.6 is 11.3 Å². The number of methoxy groups -OCH3 is 1. The largest absolute Gasteiger partial charge is 0.465 e. The fraction of sp³-hybridized carbons (Fsp3) is 0.333. The smallest absolute Gasteiger partial charge is 0.348 e.